The lowest BCUT2D eigenvalue weighted by atomic mass is 9.99. The van der Waals surface area contributed by atoms with E-state index in [9.17, 15) is 13.2 Å². The van der Waals surface area contributed by atoms with Gasteiger partial charge in [-0.25, -0.2) is 8.42 Å². The van der Waals surface area contributed by atoms with Crippen molar-refractivity contribution < 1.29 is 13.2 Å². The summed E-state index contributed by atoms with van der Waals surface area (Å²) in [6, 6.07) is 6.89. The van der Waals surface area contributed by atoms with E-state index in [2.05, 4.69) is 22.3 Å². The van der Waals surface area contributed by atoms with Gasteiger partial charge in [-0.3, -0.25) is 9.52 Å². The van der Waals surface area contributed by atoms with Gasteiger partial charge in [0.05, 0.1) is 5.75 Å². The molecule has 0 saturated carbocycles. The summed E-state index contributed by atoms with van der Waals surface area (Å²) in [6.45, 7) is 4.86. The molecule has 2 atom stereocenters. The van der Waals surface area contributed by atoms with Crippen LogP contribution in [0.5, 0.6) is 0 Å². The van der Waals surface area contributed by atoms with E-state index >= 15 is 0 Å². The van der Waals surface area contributed by atoms with Crippen LogP contribution in [-0.4, -0.2) is 38.7 Å². The summed E-state index contributed by atoms with van der Waals surface area (Å²) in [6.07, 6.45) is 2.58. The fourth-order valence-electron chi connectivity index (χ4n) is 2.68. The summed E-state index contributed by atoms with van der Waals surface area (Å²) in [5.41, 5.74) is 1.00. The molecule has 0 bridgehead atoms. The highest BCUT2D eigenvalue weighted by Crippen LogP contribution is 2.14. The van der Waals surface area contributed by atoms with E-state index in [1.54, 1.807) is 24.3 Å². The van der Waals surface area contributed by atoms with E-state index < -0.39 is 10.0 Å². The summed E-state index contributed by atoms with van der Waals surface area (Å²) in [5, 5.41) is 6.38. The van der Waals surface area contributed by atoms with Gasteiger partial charge in [0.15, 0.2) is 0 Å². The van der Waals surface area contributed by atoms with Crippen LogP contribution in [0, 0.1) is 0 Å². The largest absolute Gasteiger partial charge is 0.348 e. The molecule has 0 aliphatic carbocycles. The topological polar surface area (TPSA) is 87.3 Å². The third kappa shape index (κ3) is 5.96. The van der Waals surface area contributed by atoms with Crippen LogP contribution in [0.1, 0.15) is 43.5 Å². The summed E-state index contributed by atoms with van der Waals surface area (Å²) in [7, 11) is -3.31. The van der Waals surface area contributed by atoms with Crippen molar-refractivity contribution in [1.29, 1.82) is 0 Å². The Morgan fingerprint density at radius 2 is 1.96 bits per heavy atom. The lowest BCUT2D eigenvalue weighted by molar-refractivity contribution is 0.0920. The van der Waals surface area contributed by atoms with Crippen molar-refractivity contribution in [2.24, 2.45) is 0 Å². The van der Waals surface area contributed by atoms with E-state index in [1.165, 1.54) is 0 Å². The fraction of sp³-hybridized carbons (Fsp3) is 0.562. The minimum absolute atomic E-state index is 0. The lowest BCUT2D eigenvalue weighted by Gasteiger charge is -2.30. The van der Waals surface area contributed by atoms with E-state index in [0.717, 1.165) is 19.4 Å². The lowest BCUT2D eigenvalue weighted by Crippen LogP contribution is -2.51. The fourth-order valence-corrected chi connectivity index (χ4v) is 3.82. The summed E-state index contributed by atoms with van der Waals surface area (Å²) < 4.78 is 25.9. The van der Waals surface area contributed by atoms with Crippen LogP contribution in [0.3, 0.4) is 0 Å². The van der Waals surface area contributed by atoms with Gasteiger partial charge in [0.1, 0.15) is 0 Å². The number of hydrogen-bond donors (Lipinski definition) is 3. The van der Waals surface area contributed by atoms with Crippen LogP contribution in [-0.2, 0) is 10.0 Å². The summed E-state index contributed by atoms with van der Waals surface area (Å²) in [4.78, 5) is 12.3. The van der Waals surface area contributed by atoms with Crippen molar-refractivity contribution >= 4 is 34.0 Å². The predicted octanol–water partition coefficient (Wildman–Crippen LogP) is 2.13. The molecule has 2 unspecified atom stereocenters. The Morgan fingerprint density at radius 1 is 1.29 bits per heavy atom. The van der Waals surface area contributed by atoms with E-state index in [0.29, 0.717) is 17.7 Å². The molecular formula is C16H26ClN3O3S. The molecule has 1 saturated heterocycles. The molecule has 6 nitrogen and oxygen atoms in total. The maximum atomic E-state index is 12.3. The first-order valence-corrected chi connectivity index (χ1v) is 9.71. The normalized spacial score (nSPS) is 20.8. The van der Waals surface area contributed by atoms with Crippen molar-refractivity contribution in [1.82, 2.24) is 10.6 Å². The van der Waals surface area contributed by atoms with Crippen molar-refractivity contribution in [3.05, 3.63) is 29.8 Å². The molecule has 1 aliphatic rings. The average molecular weight is 376 g/mol. The molecule has 1 aliphatic heterocycles. The number of halogens is 1. The monoisotopic (exact) mass is 375 g/mol. The molecule has 0 aromatic heterocycles. The molecule has 1 aromatic carbocycles. The number of carbonyl (C=O) groups is 1. The molecule has 1 heterocycles. The van der Waals surface area contributed by atoms with Crippen LogP contribution in [0.4, 0.5) is 5.69 Å². The standard InChI is InChI=1S/C16H25N3O3S.ClH/c1-3-11-23(21,22)19-14-8-6-13(7-9-14)16(20)18-15-5-4-10-17-12(15)2;/h6-9,12,15,17,19H,3-5,10-11H2,1-2H3,(H,18,20);1H. The van der Waals surface area contributed by atoms with Crippen LogP contribution in [0.15, 0.2) is 24.3 Å². The first kappa shape index (κ1) is 20.7. The van der Waals surface area contributed by atoms with Gasteiger partial charge < -0.3 is 10.6 Å². The number of sulfonamides is 1. The maximum absolute atomic E-state index is 12.3. The second kappa shape index (κ2) is 9.25. The SMILES string of the molecule is CCCS(=O)(=O)Nc1ccc(C(=O)NC2CCCNC2C)cc1.Cl. The molecule has 8 heteroatoms. The number of amides is 1. The zero-order chi connectivity index (χ0) is 16.9. The van der Waals surface area contributed by atoms with Gasteiger partial charge in [-0.2, -0.15) is 0 Å². The number of hydrogen-bond acceptors (Lipinski definition) is 4. The molecule has 3 N–H and O–H groups in total. The Kier molecular flexibility index (Phi) is 7.99. The molecule has 2 rings (SSSR count). The summed E-state index contributed by atoms with van der Waals surface area (Å²) >= 11 is 0. The number of anilines is 1. The van der Waals surface area contributed by atoms with Gasteiger partial charge >= 0.3 is 0 Å². The second-order valence-electron chi connectivity index (χ2n) is 5.96. The van der Waals surface area contributed by atoms with E-state index in [4.69, 9.17) is 0 Å². The Morgan fingerprint density at radius 3 is 2.54 bits per heavy atom. The molecule has 0 spiro atoms. The minimum Gasteiger partial charge on any atom is -0.348 e. The molecule has 1 amide bonds. The van der Waals surface area contributed by atoms with E-state index in [1.807, 2.05) is 6.92 Å². The average Bonchev–Trinajstić information content (AvgIpc) is 2.49. The zero-order valence-electron chi connectivity index (χ0n) is 14.0. The number of carbonyl (C=O) groups excluding carboxylic acids is 1. The molecular weight excluding hydrogens is 350 g/mol. The smallest absolute Gasteiger partial charge is 0.251 e. The van der Waals surface area contributed by atoms with E-state index in [-0.39, 0.29) is 36.2 Å². The number of benzene rings is 1. The highest BCUT2D eigenvalue weighted by molar-refractivity contribution is 7.92. The molecule has 1 fully saturated rings. The zero-order valence-corrected chi connectivity index (χ0v) is 15.7. The van der Waals surface area contributed by atoms with Crippen LogP contribution in [0.25, 0.3) is 0 Å². The van der Waals surface area contributed by atoms with Crippen molar-refractivity contribution in [3.63, 3.8) is 0 Å². The van der Waals surface area contributed by atoms with Gasteiger partial charge in [0.25, 0.3) is 5.91 Å². The molecule has 1 aromatic rings. The Bertz CT molecular complexity index is 634. The quantitative estimate of drug-likeness (QED) is 0.710. The van der Waals surface area contributed by atoms with Crippen molar-refractivity contribution in [3.8, 4) is 0 Å². The highest BCUT2D eigenvalue weighted by atomic mass is 35.5. The third-order valence-electron chi connectivity index (χ3n) is 3.97. The number of nitrogens with one attached hydrogen (secondary N) is 3. The summed E-state index contributed by atoms with van der Waals surface area (Å²) in [5.74, 6) is -0.0459. The van der Waals surface area contributed by atoms with Gasteiger partial charge in [0.2, 0.25) is 10.0 Å². The first-order valence-electron chi connectivity index (χ1n) is 8.06. The Labute approximate surface area is 150 Å². The van der Waals surface area contributed by atoms with Crippen LogP contribution >= 0.6 is 12.4 Å². The third-order valence-corrected chi connectivity index (χ3v) is 5.46. The Balaban J connectivity index is 0.00000288. The minimum atomic E-state index is -3.31. The second-order valence-corrected chi connectivity index (χ2v) is 7.81. The number of rotatable bonds is 6. The maximum Gasteiger partial charge on any atom is 0.251 e. The van der Waals surface area contributed by atoms with Gasteiger partial charge in [-0.1, -0.05) is 6.92 Å². The predicted molar refractivity (Wildman–Crippen MR) is 99.3 cm³/mol. The molecule has 24 heavy (non-hydrogen) atoms. The van der Waals surface area contributed by atoms with Crippen molar-refractivity contribution in [2.45, 2.75) is 45.2 Å². The van der Waals surface area contributed by atoms with Crippen LogP contribution < -0.4 is 15.4 Å². The number of piperidine rings is 1. The molecule has 136 valence electrons. The van der Waals surface area contributed by atoms with Crippen molar-refractivity contribution in [2.75, 3.05) is 17.0 Å². The van der Waals surface area contributed by atoms with Gasteiger partial charge in [0, 0.05) is 23.3 Å². The highest BCUT2D eigenvalue weighted by Gasteiger charge is 2.22. The van der Waals surface area contributed by atoms with Crippen LogP contribution in [0.2, 0.25) is 0 Å². The molecule has 0 radical (unpaired) electrons. The van der Waals surface area contributed by atoms with Gasteiger partial charge in [-0.05, 0) is 57.0 Å². The first-order chi connectivity index (χ1) is 10.9. The van der Waals surface area contributed by atoms with Gasteiger partial charge in [-0.15, -0.1) is 12.4 Å². The Hall–Kier alpha value is -1.31.